The first-order valence-corrected chi connectivity index (χ1v) is 7.52. The maximum Gasteiger partial charge on any atom is 0.181 e. The van der Waals surface area contributed by atoms with E-state index >= 15 is 0 Å². The molecule has 0 aliphatic carbocycles. The zero-order valence-electron chi connectivity index (χ0n) is 11.6. The van der Waals surface area contributed by atoms with Gasteiger partial charge in [-0.2, -0.15) is 0 Å². The van der Waals surface area contributed by atoms with Gasteiger partial charge in [0.25, 0.3) is 0 Å². The van der Waals surface area contributed by atoms with Gasteiger partial charge in [-0.1, -0.05) is 40.2 Å². The van der Waals surface area contributed by atoms with Crippen molar-refractivity contribution in [3.05, 3.63) is 71.2 Å². The van der Waals surface area contributed by atoms with E-state index in [1.165, 1.54) is 12.0 Å². The third-order valence-electron chi connectivity index (χ3n) is 3.31. The van der Waals surface area contributed by atoms with Crippen molar-refractivity contribution in [3.8, 4) is 11.3 Å². The lowest BCUT2D eigenvalue weighted by atomic mass is 10.1. The predicted molar refractivity (Wildman–Crippen MR) is 88.1 cm³/mol. The summed E-state index contributed by atoms with van der Waals surface area (Å²) in [5.41, 5.74) is 3.30. The lowest BCUT2D eigenvalue weighted by Crippen LogP contribution is -2.06. The fourth-order valence-corrected chi connectivity index (χ4v) is 2.65. The Bertz CT molecular complexity index is 725. The molecule has 0 amide bonds. The number of halogens is 1. The first-order chi connectivity index (χ1) is 10.2. The van der Waals surface area contributed by atoms with Crippen molar-refractivity contribution in [2.24, 2.45) is 0 Å². The van der Waals surface area contributed by atoms with Crippen LogP contribution in [0.3, 0.4) is 0 Å². The second kappa shape index (κ2) is 6.14. The zero-order valence-corrected chi connectivity index (χ0v) is 13.2. The number of hydrogen-bond acceptors (Lipinski definition) is 3. The number of aromatic nitrogens is 1. The van der Waals surface area contributed by atoms with Crippen molar-refractivity contribution in [2.75, 3.05) is 5.32 Å². The zero-order chi connectivity index (χ0) is 14.7. The topological polar surface area (TPSA) is 38.1 Å². The van der Waals surface area contributed by atoms with Gasteiger partial charge in [-0.15, -0.1) is 0 Å². The Kier molecular flexibility index (Phi) is 4.06. The van der Waals surface area contributed by atoms with Crippen LogP contribution in [0.2, 0.25) is 0 Å². The third kappa shape index (κ3) is 3.34. The minimum Gasteiger partial charge on any atom is -0.444 e. The number of nitrogens with zero attached hydrogens (tertiary/aromatic N) is 1. The molecule has 0 bridgehead atoms. The molecule has 106 valence electrons. The van der Waals surface area contributed by atoms with Gasteiger partial charge in [0.15, 0.2) is 12.2 Å². The van der Waals surface area contributed by atoms with Crippen LogP contribution in [0.5, 0.6) is 0 Å². The summed E-state index contributed by atoms with van der Waals surface area (Å²) in [5, 5.41) is 3.50. The molecular formula is C17H15BrN2O. The summed E-state index contributed by atoms with van der Waals surface area (Å²) in [4.78, 5) is 3.95. The Morgan fingerprint density at radius 2 is 2.00 bits per heavy atom. The Labute approximate surface area is 132 Å². The molecule has 0 fully saturated rings. The van der Waals surface area contributed by atoms with E-state index in [0.717, 1.165) is 21.5 Å². The van der Waals surface area contributed by atoms with E-state index in [2.05, 4.69) is 51.4 Å². The lowest BCUT2D eigenvalue weighted by molar-refractivity contribution is 0.572. The average Bonchev–Trinajstić information content (AvgIpc) is 3.02. The van der Waals surface area contributed by atoms with Crippen LogP contribution >= 0.6 is 15.9 Å². The average molecular weight is 343 g/mol. The summed E-state index contributed by atoms with van der Waals surface area (Å²) >= 11 is 3.51. The number of anilines is 1. The SMILES string of the molecule is CC(Nc1cccc(-c2cnco2)c1)c1cccc(Br)c1. The Balaban J connectivity index is 1.80. The Hall–Kier alpha value is -2.07. The summed E-state index contributed by atoms with van der Waals surface area (Å²) in [6.07, 6.45) is 3.16. The number of oxazole rings is 1. The molecule has 0 saturated carbocycles. The molecule has 0 saturated heterocycles. The van der Waals surface area contributed by atoms with Crippen LogP contribution < -0.4 is 5.32 Å². The molecule has 3 aromatic rings. The van der Waals surface area contributed by atoms with Crippen molar-refractivity contribution in [3.63, 3.8) is 0 Å². The molecule has 0 spiro atoms. The van der Waals surface area contributed by atoms with Gasteiger partial charge in [0.2, 0.25) is 0 Å². The molecule has 3 nitrogen and oxygen atoms in total. The van der Waals surface area contributed by atoms with Gasteiger partial charge in [-0.05, 0) is 36.8 Å². The van der Waals surface area contributed by atoms with Crippen LogP contribution in [-0.2, 0) is 0 Å². The van der Waals surface area contributed by atoms with Crippen LogP contribution in [-0.4, -0.2) is 4.98 Å². The normalized spacial score (nSPS) is 12.1. The predicted octanol–water partition coefficient (Wildman–Crippen LogP) is 5.28. The highest BCUT2D eigenvalue weighted by Crippen LogP contribution is 2.26. The molecule has 4 heteroatoms. The van der Waals surface area contributed by atoms with Gasteiger partial charge in [-0.25, -0.2) is 4.98 Å². The minimum atomic E-state index is 0.215. The molecular weight excluding hydrogens is 328 g/mol. The van der Waals surface area contributed by atoms with E-state index in [1.807, 2.05) is 30.3 Å². The quantitative estimate of drug-likeness (QED) is 0.701. The lowest BCUT2D eigenvalue weighted by Gasteiger charge is -2.16. The number of benzene rings is 2. The van der Waals surface area contributed by atoms with Crippen molar-refractivity contribution in [1.82, 2.24) is 4.98 Å². The maximum absolute atomic E-state index is 5.33. The van der Waals surface area contributed by atoms with E-state index < -0.39 is 0 Å². The van der Waals surface area contributed by atoms with Crippen LogP contribution in [0.4, 0.5) is 5.69 Å². The van der Waals surface area contributed by atoms with Gasteiger partial charge in [0.05, 0.1) is 6.20 Å². The van der Waals surface area contributed by atoms with Crippen molar-refractivity contribution < 1.29 is 4.42 Å². The summed E-state index contributed by atoms with van der Waals surface area (Å²) in [6, 6.07) is 16.7. The Morgan fingerprint density at radius 1 is 1.14 bits per heavy atom. The van der Waals surface area contributed by atoms with Crippen LogP contribution in [0.15, 0.2) is 70.0 Å². The molecule has 1 N–H and O–H groups in total. The van der Waals surface area contributed by atoms with Crippen molar-refractivity contribution >= 4 is 21.6 Å². The molecule has 0 radical (unpaired) electrons. The molecule has 0 aliphatic rings. The maximum atomic E-state index is 5.33. The monoisotopic (exact) mass is 342 g/mol. The van der Waals surface area contributed by atoms with E-state index in [-0.39, 0.29) is 6.04 Å². The smallest absolute Gasteiger partial charge is 0.181 e. The van der Waals surface area contributed by atoms with E-state index in [9.17, 15) is 0 Å². The van der Waals surface area contributed by atoms with Crippen LogP contribution in [0.1, 0.15) is 18.5 Å². The first kappa shape index (κ1) is 13.9. The molecule has 3 rings (SSSR count). The fraction of sp³-hybridized carbons (Fsp3) is 0.118. The molecule has 2 aromatic carbocycles. The van der Waals surface area contributed by atoms with Gasteiger partial charge >= 0.3 is 0 Å². The largest absolute Gasteiger partial charge is 0.444 e. The number of hydrogen-bond donors (Lipinski definition) is 1. The number of rotatable bonds is 4. The number of nitrogens with one attached hydrogen (secondary N) is 1. The fourth-order valence-electron chi connectivity index (χ4n) is 2.23. The molecule has 1 atom stereocenters. The van der Waals surface area contributed by atoms with E-state index in [0.29, 0.717) is 0 Å². The summed E-state index contributed by atoms with van der Waals surface area (Å²) in [6.45, 7) is 2.14. The van der Waals surface area contributed by atoms with Gasteiger partial charge in [-0.3, -0.25) is 0 Å². The molecule has 21 heavy (non-hydrogen) atoms. The van der Waals surface area contributed by atoms with Gasteiger partial charge < -0.3 is 9.73 Å². The van der Waals surface area contributed by atoms with Crippen molar-refractivity contribution in [2.45, 2.75) is 13.0 Å². The third-order valence-corrected chi connectivity index (χ3v) is 3.80. The summed E-state index contributed by atoms with van der Waals surface area (Å²) in [5.74, 6) is 0.772. The molecule has 1 aromatic heterocycles. The highest BCUT2D eigenvalue weighted by Gasteiger charge is 2.07. The minimum absolute atomic E-state index is 0.215. The highest BCUT2D eigenvalue weighted by atomic mass is 79.9. The molecule has 1 unspecified atom stereocenters. The second-order valence-electron chi connectivity index (χ2n) is 4.87. The highest BCUT2D eigenvalue weighted by molar-refractivity contribution is 9.10. The van der Waals surface area contributed by atoms with Crippen LogP contribution in [0.25, 0.3) is 11.3 Å². The molecule has 1 heterocycles. The van der Waals surface area contributed by atoms with Gasteiger partial charge in [0, 0.05) is 21.8 Å². The summed E-state index contributed by atoms with van der Waals surface area (Å²) in [7, 11) is 0. The first-order valence-electron chi connectivity index (χ1n) is 6.73. The van der Waals surface area contributed by atoms with E-state index in [1.54, 1.807) is 6.20 Å². The van der Waals surface area contributed by atoms with Crippen LogP contribution in [0, 0.1) is 0 Å². The van der Waals surface area contributed by atoms with E-state index in [4.69, 9.17) is 4.42 Å². The second-order valence-corrected chi connectivity index (χ2v) is 5.78. The van der Waals surface area contributed by atoms with Gasteiger partial charge in [0.1, 0.15) is 0 Å². The summed E-state index contributed by atoms with van der Waals surface area (Å²) < 4.78 is 6.42. The molecule has 0 aliphatic heterocycles. The standard InChI is InChI=1S/C17H15BrN2O/c1-12(13-4-2-6-15(18)8-13)20-16-7-3-5-14(9-16)17-10-19-11-21-17/h2-12,20H,1H3. The Morgan fingerprint density at radius 3 is 2.76 bits per heavy atom. The van der Waals surface area contributed by atoms with Crippen molar-refractivity contribution in [1.29, 1.82) is 0 Å².